The van der Waals surface area contributed by atoms with Gasteiger partial charge in [0.25, 0.3) is 0 Å². The fourth-order valence-corrected chi connectivity index (χ4v) is 4.58. The van der Waals surface area contributed by atoms with E-state index in [4.69, 9.17) is 4.99 Å². The van der Waals surface area contributed by atoms with Gasteiger partial charge in [-0.05, 0) is 43.4 Å². The number of hydrogen-bond donors (Lipinski definition) is 0. The molecule has 0 spiro atoms. The highest BCUT2D eigenvalue weighted by Crippen LogP contribution is 2.42. The first-order valence-electron chi connectivity index (χ1n) is 10.1. The van der Waals surface area contributed by atoms with Crippen LogP contribution in [0.3, 0.4) is 0 Å². The number of benzene rings is 2. The molecule has 0 N–H and O–H groups in total. The predicted octanol–water partition coefficient (Wildman–Crippen LogP) is 5.20. The summed E-state index contributed by atoms with van der Waals surface area (Å²) in [6.07, 6.45) is 3.89. The third kappa shape index (κ3) is 3.84. The summed E-state index contributed by atoms with van der Waals surface area (Å²) in [7, 11) is -1.58. The molecular weight excluding hydrogens is 398 g/mol. The summed E-state index contributed by atoms with van der Waals surface area (Å²) in [6.45, 7) is 5.12. The lowest BCUT2D eigenvalue weighted by molar-refractivity contribution is 0.490. The van der Waals surface area contributed by atoms with E-state index in [0.29, 0.717) is 17.2 Å². The number of nitrogens with zero attached hydrogens (tertiary/aromatic N) is 5. The molecule has 0 bridgehead atoms. The van der Waals surface area contributed by atoms with Crippen LogP contribution in [-0.4, -0.2) is 34.1 Å². The fraction of sp³-hybridized carbons (Fsp3) is 0.409. The maximum atomic E-state index is 11.9. The van der Waals surface area contributed by atoms with Crippen LogP contribution in [0.5, 0.6) is 0 Å². The zero-order valence-electron chi connectivity index (χ0n) is 17.8. The first-order chi connectivity index (χ1) is 14.2. The second-order valence-corrected chi connectivity index (χ2v) is 9.78. The molecule has 7 nitrogen and oxygen atoms in total. The summed E-state index contributed by atoms with van der Waals surface area (Å²) in [6, 6.07) is 11.7. The number of aryl methyl sites for hydroxylation is 1. The topological polar surface area (TPSA) is 88.6 Å². The molecular formula is C22H26N5O2S-. The Hall–Kier alpha value is -2.74. The Kier molecular flexibility index (Phi) is 5.13. The van der Waals surface area contributed by atoms with Crippen molar-refractivity contribution >= 4 is 32.9 Å². The average Bonchev–Trinajstić information content (AvgIpc) is 2.99. The number of anilines is 1. The van der Waals surface area contributed by atoms with Crippen molar-refractivity contribution in [2.75, 3.05) is 24.7 Å². The molecule has 8 heteroatoms. The molecule has 0 aliphatic carbocycles. The summed E-state index contributed by atoms with van der Waals surface area (Å²) < 4.78 is 27.7. The predicted molar refractivity (Wildman–Crippen MR) is 121 cm³/mol. The zero-order valence-corrected chi connectivity index (χ0v) is 18.6. The normalized spacial score (nSPS) is 20.8. The second kappa shape index (κ2) is 7.50. The molecule has 158 valence electrons. The van der Waals surface area contributed by atoms with E-state index >= 15 is 0 Å². The molecule has 2 heterocycles. The highest BCUT2D eigenvalue weighted by Gasteiger charge is 2.34. The molecule has 2 aromatic rings. The van der Waals surface area contributed by atoms with Gasteiger partial charge in [0.2, 0.25) is 0 Å². The van der Waals surface area contributed by atoms with Gasteiger partial charge in [0.1, 0.15) is 0 Å². The van der Waals surface area contributed by atoms with Gasteiger partial charge in [0.05, 0.1) is 21.2 Å². The number of amidine groups is 1. The van der Waals surface area contributed by atoms with Gasteiger partial charge in [-0.15, -0.1) is 5.11 Å². The molecule has 0 saturated carbocycles. The maximum Gasteiger partial charge on any atom is 0.178 e. The molecule has 30 heavy (non-hydrogen) atoms. The Morgan fingerprint density at radius 2 is 2.00 bits per heavy atom. The summed E-state index contributed by atoms with van der Waals surface area (Å²) >= 11 is 0. The Morgan fingerprint density at radius 1 is 1.23 bits per heavy atom. The second-order valence-electron chi connectivity index (χ2n) is 8.13. The molecule has 2 aliphatic rings. The van der Waals surface area contributed by atoms with E-state index in [1.54, 1.807) is 6.07 Å². The molecule has 4 rings (SSSR count). The number of rotatable bonds is 4. The molecule has 1 atom stereocenters. The van der Waals surface area contributed by atoms with E-state index in [1.165, 1.54) is 0 Å². The van der Waals surface area contributed by atoms with Crippen molar-refractivity contribution in [1.82, 2.24) is 0 Å². The lowest BCUT2D eigenvalue weighted by Gasteiger charge is -2.31. The van der Waals surface area contributed by atoms with Crippen molar-refractivity contribution in [3.63, 3.8) is 0 Å². The number of sulfonamides is 1. The Labute approximate surface area is 178 Å². The lowest BCUT2D eigenvalue weighted by Crippen LogP contribution is -2.24. The average molecular weight is 425 g/mol. The van der Waals surface area contributed by atoms with Crippen LogP contribution in [0.25, 0.3) is 4.72 Å². The van der Waals surface area contributed by atoms with E-state index in [9.17, 15) is 8.42 Å². The van der Waals surface area contributed by atoms with Gasteiger partial charge in [0, 0.05) is 31.1 Å². The fourth-order valence-electron chi connectivity index (χ4n) is 4.07. The molecule has 2 aromatic carbocycles. The quantitative estimate of drug-likeness (QED) is 0.632. The van der Waals surface area contributed by atoms with E-state index in [1.807, 2.05) is 31.3 Å². The Morgan fingerprint density at radius 3 is 2.73 bits per heavy atom. The molecule has 0 aromatic heterocycles. The van der Waals surface area contributed by atoms with Gasteiger partial charge >= 0.3 is 0 Å². The van der Waals surface area contributed by atoms with Gasteiger partial charge in [-0.1, -0.05) is 42.9 Å². The summed E-state index contributed by atoms with van der Waals surface area (Å²) in [5.41, 5.74) is 4.63. The SMILES string of the molecule is CCC1(C)N=C(N=Nc2cc3c(cc2[N-]S(C)(=O)=O)N(C)CCC3)c2ccccc21. The number of fused-ring (bicyclic) bond motifs is 2. The van der Waals surface area contributed by atoms with Gasteiger partial charge in [-0.2, -0.15) is 5.11 Å². The van der Waals surface area contributed by atoms with Gasteiger partial charge < -0.3 is 9.62 Å². The first-order valence-corrected chi connectivity index (χ1v) is 12.0. The van der Waals surface area contributed by atoms with Crippen LogP contribution >= 0.6 is 0 Å². The lowest BCUT2D eigenvalue weighted by atomic mass is 9.89. The standard InChI is InChI=1S/C22H26N5O2S/c1-5-22(2)17-11-7-6-10-16(17)21(23-22)25-24-18-13-15-9-8-12-27(3)20(15)14-19(18)26-30(4,28)29/h6-7,10-11,13-14H,5,8-9,12H2,1-4H3/q-1. The first kappa shape index (κ1) is 20.5. The summed E-state index contributed by atoms with van der Waals surface area (Å²) in [5, 5.41) is 8.87. The van der Waals surface area contributed by atoms with Crippen LogP contribution in [0.15, 0.2) is 51.6 Å². The van der Waals surface area contributed by atoms with Crippen LogP contribution in [0, 0.1) is 0 Å². The minimum atomic E-state index is -3.58. The molecule has 2 aliphatic heterocycles. The minimum Gasteiger partial charge on any atom is -0.575 e. The van der Waals surface area contributed by atoms with E-state index in [-0.39, 0.29) is 5.54 Å². The van der Waals surface area contributed by atoms with Crippen LogP contribution in [0.1, 0.15) is 43.4 Å². The zero-order chi connectivity index (χ0) is 21.5. The molecule has 0 radical (unpaired) electrons. The third-order valence-electron chi connectivity index (χ3n) is 5.83. The van der Waals surface area contributed by atoms with Crippen LogP contribution in [0.4, 0.5) is 17.1 Å². The Bertz CT molecular complexity index is 1160. The van der Waals surface area contributed by atoms with Crippen molar-refractivity contribution in [2.45, 2.75) is 38.6 Å². The van der Waals surface area contributed by atoms with E-state index in [0.717, 1.165) is 54.4 Å². The van der Waals surface area contributed by atoms with Crippen molar-refractivity contribution in [2.24, 2.45) is 15.2 Å². The van der Waals surface area contributed by atoms with Gasteiger partial charge in [-0.3, -0.25) is 4.99 Å². The van der Waals surface area contributed by atoms with Crippen LogP contribution < -0.4 is 4.90 Å². The van der Waals surface area contributed by atoms with E-state index < -0.39 is 10.0 Å². The maximum absolute atomic E-state index is 11.9. The summed E-state index contributed by atoms with van der Waals surface area (Å²) in [5.74, 6) is 0.565. The van der Waals surface area contributed by atoms with Crippen molar-refractivity contribution in [3.05, 3.63) is 57.8 Å². The van der Waals surface area contributed by atoms with Gasteiger partial charge in [-0.25, -0.2) is 8.42 Å². The molecule has 1 unspecified atom stereocenters. The van der Waals surface area contributed by atoms with Crippen molar-refractivity contribution in [1.29, 1.82) is 0 Å². The highest BCUT2D eigenvalue weighted by atomic mass is 32.2. The van der Waals surface area contributed by atoms with Crippen molar-refractivity contribution < 1.29 is 8.42 Å². The van der Waals surface area contributed by atoms with Crippen LogP contribution in [0.2, 0.25) is 0 Å². The smallest absolute Gasteiger partial charge is 0.178 e. The number of azo groups is 1. The summed E-state index contributed by atoms with van der Waals surface area (Å²) in [4.78, 5) is 6.94. The van der Waals surface area contributed by atoms with Crippen LogP contribution in [-0.2, 0) is 22.0 Å². The molecule has 0 amide bonds. The minimum absolute atomic E-state index is 0.305. The monoisotopic (exact) mass is 424 g/mol. The van der Waals surface area contributed by atoms with Crippen molar-refractivity contribution in [3.8, 4) is 0 Å². The van der Waals surface area contributed by atoms with Gasteiger partial charge in [0.15, 0.2) is 5.84 Å². The van der Waals surface area contributed by atoms with E-state index in [2.05, 4.69) is 39.8 Å². The third-order valence-corrected chi connectivity index (χ3v) is 6.36. The molecule has 0 saturated heterocycles. The molecule has 0 fully saturated rings. The largest absolute Gasteiger partial charge is 0.575 e. The Balaban J connectivity index is 1.77. The number of aliphatic imine (C=N–C) groups is 1. The number of hydrogen-bond acceptors (Lipinski definition) is 6. The highest BCUT2D eigenvalue weighted by molar-refractivity contribution is 7.93.